The Kier molecular flexibility index (Phi) is 22.2. The zero-order chi connectivity index (χ0) is 54.0. The van der Waals surface area contributed by atoms with Gasteiger partial charge in [-0.15, -0.1) is 0 Å². The third-order valence-electron chi connectivity index (χ3n) is 11.7. The van der Waals surface area contributed by atoms with Crippen molar-refractivity contribution >= 4 is 64.7 Å². The lowest BCUT2D eigenvalue weighted by atomic mass is 9.96. The first-order valence-corrected chi connectivity index (χ1v) is 23.1. The summed E-state index contributed by atoms with van der Waals surface area (Å²) in [4.78, 5) is 142. The fourth-order valence-electron chi connectivity index (χ4n) is 7.64. The third-order valence-corrected chi connectivity index (χ3v) is 11.7. The molecule has 1 aliphatic rings. The number of phenolic OH excluding ortho intramolecular Hbond substituents is 1. The molecule has 1 aromatic carbocycles. The summed E-state index contributed by atoms with van der Waals surface area (Å²) in [5.74, 6) is -10.0. The minimum absolute atomic E-state index is 0.0152. The number of aromatic hydroxyl groups is 1. The Bertz CT molecular complexity index is 2290. The number of nitrogens with zero attached hydrogens (tertiary/aromatic N) is 5. The molecule has 0 spiro atoms. The van der Waals surface area contributed by atoms with Gasteiger partial charge in [0.25, 0.3) is 5.75 Å². The van der Waals surface area contributed by atoms with Crippen LogP contribution in [0.5, 0.6) is 5.75 Å². The molecule has 1 saturated heterocycles. The van der Waals surface area contributed by atoms with Gasteiger partial charge in [-0.1, -0.05) is 34.1 Å². The van der Waals surface area contributed by atoms with Crippen LogP contribution in [0.4, 0.5) is 11.4 Å². The average Bonchev–Trinajstić information content (AvgIpc) is 4.03. The number of phenols is 1. The quantitative estimate of drug-likeness (QED) is 0.0140. The lowest BCUT2D eigenvalue weighted by Crippen LogP contribution is -2.62. The summed E-state index contributed by atoms with van der Waals surface area (Å²) in [7, 11) is 1.51. The largest absolute Gasteiger partial charge is 0.497 e. The number of H-pyrrole nitrogens is 1. The van der Waals surface area contributed by atoms with E-state index in [0.717, 1.165) is 12.1 Å². The van der Waals surface area contributed by atoms with Crippen molar-refractivity contribution in [3.05, 3.63) is 56.1 Å². The molecule has 0 radical (unpaired) electrons. The predicted octanol–water partition coefficient (Wildman–Crippen LogP) is -2.30. The monoisotopic (exact) mass is 1020 g/mol. The molecular formula is C43H65N15O14. The molecule has 2 aromatic rings. The molecular weight excluding hydrogens is 951 g/mol. The number of likely N-dealkylation sites (N-methyl/N-ethyl adjacent to an activating group) is 1. The van der Waals surface area contributed by atoms with Gasteiger partial charge in [0.1, 0.15) is 42.3 Å². The van der Waals surface area contributed by atoms with Gasteiger partial charge < -0.3 is 68.8 Å². The Balaban J connectivity index is 2.05. The molecule has 396 valence electrons. The van der Waals surface area contributed by atoms with Crippen LogP contribution in [0.2, 0.25) is 0 Å². The highest BCUT2D eigenvalue weighted by Crippen LogP contribution is 2.37. The summed E-state index contributed by atoms with van der Waals surface area (Å²) >= 11 is 0. The number of rotatable bonds is 28. The van der Waals surface area contributed by atoms with E-state index in [0.29, 0.717) is 12.1 Å². The Labute approximate surface area is 413 Å². The smallest absolute Gasteiger partial charge is 0.325 e. The highest BCUT2D eigenvalue weighted by atomic mass is 16.6. The molecule has 7 amide bonds. The molecule has 72 heavy (non-hydrogen) atoms. The number of benzene rings is 1. The van der Waals surface area contributed by atoms with Gasteiger partial charge in [-0.25, -0.2) is 4.98 Å². The highest BCUT2D eigenvalue weighted by molar-refractivity contribution is 5.98. The van der Waals surface area contributed by atoms with Gasteiger partial charge in [0.2, 0.25) is 41.4 Å². The average molecular weight is 1020 g/mol. The molecule has 2 heterocycles. The first-order valence-electron chi connectivity index (χ1n) is 23.1. The molecule has 0 aliphatic carbocycles. The number of nitrogens with two attached hydrogens (primary N) is 2. The molecule has 29 heteroatoms. The lowest BCUT2D eigenvalue weighted by molar-refractivity contribution is -0.396. The van der Waals surface area contributed by atoms with Crippen molar-refractivity contribution in [1.29, 1.82) is 0 Å². The standard InChI is InChI=1S/C43H65N15O14/c1-7-22(4)34(40(65)53-28(17-25-18-47-20-49-25)41(66)56-13-9-11-29(56)38(63)50-23(5)42(67)68)55-37(62)27(14-24-15-30(57(69)70)35(60)31(16-24)58(71)72)52-39(64)33(21(2)3)54-36(61)26(51-32(59)19-46-6)10-8-12-48-43(44)45/h15-16,18,20-23,26-29,33-34,46,60H,7-14,17,19H2,1-6H3,(H,47,49)(H,50,63)(H,51,59)(H,52,64)(H,53,65)(H,54,61)(H,55,62)(H,67,68)(H4,44,45,48)/t22-,23+,26-,27-,28-,29-,33-,34-/m0/s1. The number of amides is 7. The molecule has 1 aromatic heterocycles. The van der Waals surface area contributed by atoms with Crippen LogP contribution in [0, 0.1) is 32.1 Å². The SMILES string of the molecule is CC[C@H](C)[C@H](NC(=O)[C@H](Cc1cc([N+](=O)[O-])c(O)c([N+](=O)[O-])c1)NC(=O)[C@@H](NC(=O)[C@H](CCCN=C(N)N)NC(=O)CNC)C(C)C)C(=O)N[C@@H](Cc1cnc[nH]1)C(=O)N1CCC[C@H]1C(=O)N[C@H](C)C(=O)O. The molecule has 8 atom stereocenters. The first-order chi connectivity index (χ1) is 33.9. The first kappa shape index (κ1) is 58.3. The van der Waals surface area contributed by atoms with Gasteiger partial charge >= 0.3 is 17.3 Å². The zero-order valence-corrected chi connectivity index (χ0v) is 40.8. The zero-order valence-electron chi connectivity index (χ0n) is 40.8. The van der Waals surface area contributed by atoms with Gasteiger partial charge in [0.15, 0.2) is 5.96 Å². The van der Waals surface area contributed by atoms with Gasteiger partial charge in [-0.3, -0.25) is 63.6 Å². The van der Waals surface area contributed by atoms with Crippen molar-refractivity contribution in [2.45, 2.75) is 122 Å². The fourth-order valence-corrected chi connectivity index (χ4v) is 7.64. The molecule has 29 nitrogen and oxygen atoms in total. The molecule has 1 fully saturated rings. The number of guanidine groups is 1. The number of aromatic amines is 1. The van der Waals surface area contributed by atoms with E-state index in [-0.39, 0.29) is 63.3 Å². The molecule has 14 N–H and O–H groups in total. The van der Waals surface area contributed by atoms with E-state index < -0.39 is 135 Å². The molecule has 0 saturated carbocycles. The minimum Gasteiger partial charge on any atom is -0.497 e. The molecule has 1 aliphatic heterocycles. The van der Waals surface area contributed by atoms with E-state index in [1.165, 1.54) is 31.4 Å². The number of carbonyl (C=O) groups excluding carboxylic acids is 7. The number of aliphatic imine (C=N–C) groups is 1. The fraction of sp³-hybridized carbons (Fsp3) is 0.581. The van der Waals surface area contributed by atoms with Crippen LogP contribution in [0.1, 0.15) is 78.0 Å². The van der Waals surface area contributed by atoms with Crippen molar-refractivity contribution in [1.82, 2.24) is 52.1 Å². The maximum absolute atomic E-state index is 14.6. The maximum atomic E-state index is 14.6. The maximum Gasteiger partial charge on any atom is 0.325 e. The van der Waals surface area contributed by atoms with Gasteiger partial charge in [-0.2, -0.15) is 0 Å². The van der Waals surface area contributed by atoms with Crippen LogP contribution in [0.3, 0.4) is 0 Å². The van der Waals surface area contributed by atoms with E-state index in [4.69, 9.17) is 11.5 Å². The number of nitrogens with one attached hydrogen (secondary N) is 8. The van der Waals surface area contributed by atoms with Gasteiger partial charge in [0, 0.05) is 50.0 Å². The number of imidazole rings is 1. The van der Waals surface area contributed by atoms with Crippen molar-refractivity contribution in [2.24, 2.45) is 28.3 Å². The lowest BCUT2D eigenvalue weighted by Gasteiger charge is -2.32. The Morgan fingerprint density at radius 3 is 2.00 bits per heavy atom. The number of carboxylic acid groups (broad SMARTS) is 1. The number of aromatic nitrogens is 2. The second kappa shape index (κ2) is 27.4. The molecule has 3 rings (SSSR count). The van der Waals surface area contributed by atoms with Crippen molar-refractivity contribution in [3.63, 3.8) is 0 Å². The second-order valence-electron chi connectivity index (χ2n) is 17.6. The Hall–Kier alpha value is -7.98. The van der Waals surface area contributed by atoms with Crippen LogP contribution >= 0.6 is 0 Å². The van der Waals surface area contributed by atoms with Crippen molar-refractivity contribution in [3.8, 4) is 5.75 Å². The van der Waals surface area contributed by atoms with E-state index in [2.05, 4.69) is 52.2 Å². The summed E-state index contributed by atoms with van der Waals surface area (Å²) in [6.07, 6.45) is 2.86. The summed E-state index contributed by atoms with van der Waals surface area (Å²) in [5, 5.41) is 61.5. The summed E-state index contributed by atoms with van der Waals surface area (Å²) in [5.41, 5.74) is 8.73. The van der Waals surface area contributed by atoms with E-state index in [9.17, 15) is 68.8 Å². The molecule has 0 bridgehead atoms. The number of carbonyl (C=O) groups is 8. The van der Waals surface area contributed by atoms with Crippen LogP contribution < -0.4 is 48.7 Å². The number of carboxylic acids is 1. The highest BCUT2D eigenvalue weighted by Gasteiger charge is 2.41. The van der Waals surface area contributed by atoms with E-state index >= 15 is 0 Å². The van der Waals surface area contributed by atoms with E-state index in [1.807, 2.05) is 0 Å². The predicted molar refractivity (Wildman–Crippen MR) is 255 cm³/mol. The summed E-state index contributed by atoms with van der Waals surface area (Å²) in [6.45, 7) is 7.65. The van der Waals surface area contributed by atoms with Crippen molar-refractivity contribution in [2.75, 3.05) is 26.7 Å². The van der Waals surface area contributed by atoms with Crippen LogP contribution in [-0.2, 0) is 51.2 Å². The second-order valence-corrected chi connectivity index (χ2v) is 17.6. The number of nitro groups is 2. The topological polar surface area (TPSA) is 444 Å². The summed E-state index contributed by atoms with van der Waals surface area (Å²) < 4.78 is 0. The van der Waals surface area contributed by atoms with Crippen molar-refractivity contribution < 1.29 is 58.4 Å². The number of aliphatic carboxylic acids is 1. The van der Waals surface area contributed by atoms with Crippen LogP contribution in [-0.4, -0.2) is 157 Å². The molecule has 0 unspecified atom stereocenters. The van der Waals surface area contributed by atoms with E-state index in [1.54, 1.807) is 27.7 Å². The van der Waals surface area contributed by atoms with Gasteiger partial charge in [0.05, 0.1) is 22.7 Å². The number of likely N-dealkylation sites (tertiary alicyclic amines) is 1. The third kappa shape index (κ3) is 16.9. The Morgan fingerprint density at radius 2 is 1.46 bits per heavy atom. The number of hydrogen-bond acceptors (Lipinski definition) is 16. The number of nitro benzene ring substituents is 2. The van der Waals surface area contributed by atoms with Crippen LogP contribution in [0.25, 0.3) is 0 Å². The Morgan fingerprint density at radius 1 is 0.861 bits per heavy atom. The van der Waals surface area contributed by atoms with Gasteiger partial charge in [-0.05, 0) is 57.1 Å². The minimum atomic E-state index is -1.82. The normalized spacial score (nSPS) is 16.1. The van der Waals surface area contributed by atoms with Crippen LogP contribution in [0.15, 0.2) is 29.6 Å². The summed E-state index contributed by atoms with van der Waals surface area (Å²) in [6, 6.07) is -8.18. The number of hydrogen-bond donors (Lipinski definition) is 12.